The molecule has 3 rings (SSSR count). The number of amides is 2. The van der Waals surface area contributed by atoms with E-state index in [0.717, 1.165) is 5.69 Å². The molecule has 116 valence electrons. The van der Waals surface area contributed by atoms with Gasteiger partial charge in [-0.2, -0.15) is 10.2 Å². The SMILES string of the molecule is CN1CCn2nc(C(=O)NCCc3ccnn3C)cc2C1=O. The molecule has 0 radical (unpaired) electrons. The number of hydrogen-bond donors (Lipinski definition) is 1. The monoisotopic (exact) mass is 302 g/mol. The lowest BCUT2D eigenvalue weighted by molar-refractivity contribution is 0.0742. The van der Waals surface area contributed by atoms with Crippen molar-refractivity contribution in [2.24, 2.45) is 7.05 Å². The Balaban J connectivity index is 1.62. The molecular weight excluding hydrogens is 284 g/mol. The van der Waals surface area contributed by atoms with Gasteiger partial charge >= 0.3 is 0 Å². The number of rotatable bonds is 4. The second kappa shape index (κ2) is 5.63. The van der Waals surface area contributed by atoms with Crippen molar-refractivity contribution < 1.29 is 9.59 Å². The van der Waals surface area contributed by atoms with Crippen LogP contribution in [0.3, 0.4) is 0 Å². The lowest BCUT2D eigenvalue weighted by Gasteiger charge is -2.22. The predicted octanol–water partition coefficient (Wildman–Crippen LogP) is -0.325. The molecule has 8 heteroatoms. The Labute approximate surface area is 127 Å². The molecule has 0 unspecified atom stereocenters. The van der Waals surface area contributed by atoms with E-state index in [0.29, 0.717) is 31.7 Å². The Morgan fingerprint density at radius 1 is 1.36 bits per heavy atom. The minimum absolute atomic E-state index is 0.104. The minimum atomic E-state index is -0.264. The van der Waals surface area contributed by atoms with Gasteiger partial charge in [0.15, 0.2) is 5.69 Å². The summed E-state index contributed by atoms with van der Waals surface area (Å²) in [6.07, 6.45) is 2.42. The number of fused-ring (bicyclic) bond motifs is 1. The van der Waals surface area contributed by atoms with Gasteiger partial charge in [-0.25, -0.2) is 0 Å². The second-order valence-corrected chi connectivity index (χ2v) is 5.32. The Kier molecular flexibility index (Phi) is 3.66. The van der Waals surface area contributed by atoms with Crippen molar-refractivity contribution in [3.8, 4) is 0 Å². The topological polar surface area (TPSA) is 85.1 Å². The van der Waals surface area contributed by atoms with Crippen LogP contribution in [0.5, 0.6) is 0 Å². The van der Waals surface area contributed by atoms with Crippen molar-refractivity contribution in [1.29, 1.82) is 0 Å². The molecule has 3 heterocycles. The average Bonchev–Trinajstić information content (AvgIpc) is 3.10. The molecule has 0 aromatic carbocycles. The van der Waals surface area contributed by atoms with Crippen LogP contribution < -0.4 is 5.32 Å². The van der Waals surface area contributed by atoms with Crippen LogP contribution in [0, 0.1) is 0 Å². The molecule has 1 aliphatic rings. The van der Waals surface area contributed by atoms with Gasteiger partial charge in [0.2, 0.25) is 0 Å². The van der Waals surface area contributed by atoms with Crippen molar-refractivity contribution in [3.05, 3.63) is 35.4 Å². The van der Waals surface area contributed by atoms with Crippen LogP contribution in [-0.4, -0.2) is 56.4 Å². The summed E-state index contributed by atoms with van der Waals surface area (Å²) in [5.74, 6) is -0.368. The summed E-state index contributed by atoms with van der Waals surface area (Å²) in [5, 5.41) is 11.1. The number of aryl methyl sites for hydroxylation is 1. The number of nitrogens with one attached hydrogen (secondary N) is 1. The van der Waals surface area contributed by atoms with Crippen molar-refractivity contribution in [1.82, 2.24) is 29.8 Å². The van der Waals surface area contributed by atoms with E-state index in [1.165, 1.54) is 0 Å². The normalized spacial score (nSPS) is 14.1. The maximum atomic E-state index is 12.1. The van der Waals surface area contributed by atoms with E-state index in [-0.39, 0.29) is 17.5 Å². The molecule has 8 nitrogen and oxygen atoms in total. The first-order chi connectivity index (χ1) is 10.6. The average molecular weight is 302 g/mol. The molecule has 0 atom stereocenters. The molecule has 2 aromatic rings. The van der Waals surface area contributed by atoms with E-state index >= 15 is 0 Å². The summed E-state index contributed by atoms with van der Waals surface area (Å²) in [5.41, 5.74) is 1.79. The third-order valence-electron chi connectivity index (χ3n) is 3.81. The molecule has 0 spiro atoms. The van der Waals surface area contributed by atoms with Crippen molar-refractivity contribution in [3.63, 3.8) is 0 Å². The molecule has 1 N–H and O–H groups in total. The fourth-order valence-electron chi connectivity index (χ4n) is 2.45. The molecule has 2 aromatic heterocycles. The van der Waals surface area contributed by atoms with Crippen molar-refractivity contribution >= 4 is 11.8 Å². The fraction of sp³-hybridized carbons (Fsp3) is 0.429. The maximum absolute atomic E-state index is 12.1. The zero-order valence-corrected chi connectivity index (χ0v) is 12.6. The number of carbonyl (C=O) groups excluding carboxylic acids is 2. The molecule has 2 amide bonds. The standard InChI is InChI=1S/C14H18N6O2/c1-18-7-8-20-12(14(18)22)9-11(17-20)13(21)15-5-3-10-4-6-16-19(10)2/h4,6,9H,3,5,7-8H2,1-2H3,(H,15,21). The van der Waals surface area contributed by atoms with Crippen LogP contribution >= 0.6 is 0 Å². The molecule has 0 saturated carbocycles. The maximum Gasteiger partial charge on any atom is 0.271 e. The molecule has 0 saturated heterocycles. The molecule has 0 bridgehead atoms. The van der Waals surface area contributed by atoms with Gasteiger partial charge < -0.3 is 10.2 Å². The Hall–Kier alpha value is -2.64. The van der Waals surface area contributed by atoms with Crippen molar-refractivity contribution in [2.75, 3.05) is 20.1 Å². The lowest BCUT2D eigenvalue weighted by atomic mass is 10.2. The zero-order valence-electron chi connectivity index (χ0n) is 12.6. The summed E-state index contributed by atoms with van der Waals surface area (Å²) in [7, 11) is 3.61. The van der Waals surface area contributed by atoms with E-state index < -0.39 is 0 Å². The highest BCUT2D eigenvalue weighted by atomic mass is 16.2. The van der Waals surface area contributed by atoms with Crippen LogP contribution in [0.1, 0.15) is 26.7 Å². The first-order valence-corrected chi connectivity index (χ1v) is 7.14. The first kappa shape index (κ1) is 14.3. The molecule has 1 aliphatic heterocycles. The Morgan fingerprint density at radius 3 is 2.91 bits per heavy atom. The van der Waals surface area contributed by atoms with E-state index in [2.05, 4.69) is 15.5 Å². The third kappa shape index (κ3) is 2.59. The highest BCUT2D eigenvalue weighted by Gasteiger charge is 2.25. The van der Waals surface area contributed by atoms with E-state index in [9.17, 15) is 9.59 Å². The summed E-state index contributed by atoms with van der Waals surface area (Å²) in [6, 6.07) is 3.47. The minimum Gasteiger partial charge on any atom is -0.350 e. The zero-order chi connectivity index (χ0) is 15.7. The van der Waals surface area contributed by atoms with Crippen LogP contribution in [0.2, 0.25) is 0 Å². The van der Waals surface area contributed by atoms with Gasteiger partial charge in [0.05, 0.1) is 6.54 Å². The van der Waals surface area contributed by atoms with Gasteiger partial charge in [-0.1, -0.05) is 0 Å². The van der Waals surface area contributed by atoms with Crippen LogP contribution in [0.4, 0.5) is 0 Å². The highest BCUT2D eigenvalue weighted by Crippen LogP contribution is 2.12. The number of aromatic nitrogens is 4. The molecule has 0 aliphatic carbocycles. The summed E-state index contributed by atoms with van der Waals surface area (Å²) in [6.45, 7) is 1.71. The third-order valence-corrected chi connectivity index (χ3v) is 3.81. The molecule has 0 fully saturated rings. The van der Waals surface area contributed by atoms with E-state index in [1.807, 2.05) is 13.1 Å². The van der Waals surface area contributed by atoms with E-state index in [1.54, 1.807) is 33.6 Å². The summed E-state index contributed by atoms with van der Waals surface area (Å²) < 4.78 is 3.37. The van der Waals surface area contributed by atoms with Crippen LogP contribution in [0.15, 0.2) is 18.3 Å². The number of likely N-dealkylation sites (N-methyl/N-ethyl adjacent to an activating group) is 1. The second-order valence-electron chi connectivity index (χ2n) is 5.32. The summed E-state index contributed by atoms with van der Waals surface area (Å²) >= 11 is 0. The van der Waals surface area contributed by atoms with Gasteiger partial charge in [0.25, 0.3) is 11.8 Å². The fourth-order valence-corrected chi connectivity index (χ4v) is 2.45. The molecule has 22 heavy (non-hydrogen) atoms. The number of hydrogen-bond acceptors (Lipinski definition) is 4. The van der Waals surface area contributed by atoms with Gasteiger partial charge in [0, 0.05) is 51.6 Å². The first-order valence-electron chi connectivity index (χ1n) is 7.14. The van der Waals surface area contributed by atoms with Crippen LogP contribution in [-0.2, 0) is 20.0 Å². The largest absolute Gasteiger partial charge is 0.350 e. The highest BCUT2D eigenvalue weighted by molar-refractivity contribution is 5.98. The predicted molar refractivity (Wildman–Crippen MR) is 78.4 cm³/mol. The Bertz CT molecular complexity index is 717. The van der Waals surface area contributed by atoms with Gasteiger partial charge in [0.1, 0.15) is 5.69 Å². The van der Waals surface area contributed by atoms with Crippen LogP contribution in [0.25, 0.3) is 0 Å². The van der Waals surface area contributed by atoms with Gasteiger partial charge in [-0.15, -0.1) is 0 Å². The number of nitrogens with zero attached hydrogens (tertiary/aromatic N) is 5. The van der Waals surface area contributed by atoms with Gasteiger partial charge in [-0.05, 0) is 6.07 Å². The smallest absolute Gasteiger partial charge is 0.271 e. The van der Waals surface area contributed by atoms with Crippen molar-refractivity contribution in [2.45, 2.75) is 13.0 Å². The summed E-state index contributed by atoms with van der Waals surface area (Å²) in [4.78, 5) is 25.7. The quantitative estimate of drug-likeness (QED) is 0.838. The molecular formula is C14H18N6O2. The lowest BCUT2D eigenvalue weighted by Crippen LogP contribution is -2.37. The van der Waals surface area contributed by atoms with Gasteiger partial charge in [-0.3, -0.25) is 19.0 Å². The Morgan fingerprint density at radius 2 is 2.18 bits per heavy atom. The number of carbonyl (C=O) groups is 2. The van der Waals surface area contributed by atoms with E-state index in [4.69, 9.17) is 0 Å².